The molecule has 5 rings (SSSR count). The number of furan rings is 2. The summed E-state index contributed by atoms with van der Waals surface area (Å²) in [5.41, 5.74) is 1.22. The van der Waals surface area contributed by atoms with Gasteiger partial charge in [0.25, 0.3) is 0 Å². The number of rotatable bonds is 2. The van der Waals surface area contributed by atoms with Crippen molar-refractivity contribution in [2.24, 2.45) is 0 Å². The number of hydrogen-bond acceptors (Lipinski definition) is 5. The first-order chi connectivity index (χ1) is 13.0. The fraction of sp³-hybridized carbons (Fsp3) is 0. The zero-order chi connectivity index (χ0) is 18.7. The van der Waals surface area contributed by atoms with Gasteiger partial charge >= 0.3 is 0 Å². The second-order valence-electron chi connectivity index (χ2n) is 5.99. The summed E-state index contributed by atoms with van der Waals surface area (Å²) < 4.78 is 12.1. The van der Waals surface area contributed by atoms with E-state index in [1.807, 2.05) is 18.2 Å². The third-order valence-electron chi connectivity index (χ3n) is 4.32. The quantitative estimate of drug-likeness (QED) is 0.276. The molecule has 1 aliphatic rings. The summed E-state index contributed by atoms with van der Waals surface area (Å²) in [5.74, 6) is 0.426. The van der Waals surface area contributed by atoms with Crippen LogP contribution in [0, 0.1) is 0 Å². The van der Waals surface area contributed by atoms with Gasteiger partial charge in [0.2, 0.25) is 0 Å². The molecule has 0 atom stereocenters. The first-order valence-electron chi connectivity index (χ1n) is 7.88. The van der Waals surface area contributed by atoms with Gasteiger partial charge in [-0.3, -0.25) is 9.59 Å². The van der Waals surface area contributed by atoms with E-state index in [-0.39, 0.29) is 38.3 Å². The van der Waals surface area contributed by atoms with Crippen LogP contribution in [-0.2, 0) is 0 Å². The topological polar surface area (TPSA) is 60.4 Å². The monoisotopic (exact) mass is 414 g/mol. The molecule has 7 heteroatoms. The first kappa shape index (κ1) is 16.6. The van der Waals surface area contributed by atoms with Crippen LogP contribution < -0.4 is 0 Å². The second kappa shape index (κ2) is 5.96. The van der Waals surface area contributed by atoms with Gasteiger partial charge in [-0.05, 0) is 30.3 Å². The Bertz CT molecular complexity index is 1200. The van der Waals surface area contributed by atoms with Crippen molar-refractivity contribution in [3.05, 3.63) is 75.2 Å². The minimum Gasteiger partial charge on any atom is -0.464 e. The Morgan fingerprint density at radius 1 is 0.963 bits per heavy atom. The fourth-order valence-electron chi connectivity index (χ4n) is 3.05. The minimum absolute atomic E-state index is 0.0380. The molecule has 0 spiro atoms. The van der Waals surface area contributed by atoms with Crippen molar-refractivity contribution in [2.75, 3.05) is 0 Å². The van der Waals surface area contributed by atoms with Gasteiger partial charge in [0.15, 0.2) is 11.6 Å². The number of fused-ring (bicyclic) bond motifs is 2. The Balaban J connectivity index is 1.54. The number of benzene rings is 1. The van der Waals surface area contributed by atoms with E-state index in [9.17, 15) is 9.59 Å². The SMILES string of the molecule is O=C1C(=Cc2cc3sc(-c4ccco4)cc3o2)C(=O)c2cc(Cl)c(Cl)cc21. The van der Waals surface area contributed by atoms with Crippen LogP contribution in [0.2, 0.25) is 10.0 Å². The van der Waals surface area contributed by atoms with Crippen molar-refractivity contribution in [2.45, 2.75) is 0 Å². The Hall–Kier alpha value is -2.60. The van der Waals surface area contributed by atoms with Crippen molar-refractivity contribution in [3.8, 4) is 10.6 Å². The average Bonchev–Trinajstić information content (AvgIpc) is 3.38. The van der Waals surface area contributed by atoms with Crippen molar-refractivity contribution in [1.29, 1.82) is 0 Å². The molecule has 4 nitrogen and oxygen atoms in total. The number of hydrogen-bond donors (Lipinski definition) is 0. The normalized spacial score (nSPS) is 13.6. The van der Waals surface area contributed by atoms with E-state index in [4.69, 9.17) is 32.0 Å². The zero-order valence-electron chi connectivity index (χ0n) is 13.4. The Morgan fingerprint density at radius 3 is 2.26 bits per heavy atom. The molecule has 3 aromatic heterocycles. The summed E-state index contributed by atoms with van der Waals surface area (Å²) in [7, 11) is 0. The number of carbonyl (C=O) groups excluding carboxylic acids is 2. The van der Waals surface area contributed by atoms with E-state index >= 15 is 0 Å². The maximum atomic E-state index is 12.6. The number of thiophene rings is 1. The Labute approximate surface area is 166 Å². The maximum absolute atomic E-state index is 12.6. The van der Waals surface area contributed by atoms with Crippen LogP contribution in [0.1, 0.15) is 26.5 Å². The molecule has 4 aromatic rings. The van der Waals surface area contributed by atoms with Crippen LogP contribution in [0.4, 0.5) is 0 Å². The van der Waals surface area contributed by atoms with E-state index in [1.165, 1.54) is 29.5 Å². The highest BCUT2D eigenvalue weighted by Crippen LogP contribution is 2.38. The van der Waals surface area contributed by atoms with Crippen LogP contribution in [0.25, 0.3) is 27.0 Å². The van der Waals surface area contributed by atoms with Gasteiger partial charge in [0, 0.05) is 23.3 Å². The second-order valence-corrected chi connectivity index (χ2v) is 7.89. The first-order valence-corrected chi connectivity index (χ1v) is 9.46. The minimum atomic E-state index is -0.385. The molecule has 0 unspecified atom stereocenters. The van der Waals surface area contributed by atoms with Gasteiger partial charge in [-0.1, -0.05) is 23.2 Å². The molecule has 27 heavy (non-hydrogen) atoms. The van der Waals surface area contributed by atoms with Gasteiger partial charge in [0.05, 0.1) is 31.5 Å². The largest absolute Gasteiger partial charge is 0.464 e. The standard InChI is InChI=1S/C20H8Cl2O4S/c21-13-6-10-11(7-14(13)22)20(24)12(19(10)23)4-9-5-17-16(26-9)8-18(27-17)15-2-1-3-25-15/h1-8H. The van der Waals surface area contributed by atoms with Crippen LogP contribution in [0.3, 0.4) is 0 Å². The highest BCUT2D eigenvalue weighted by molar-refractivity contribution is 7.22. The fourth-order valence-corrected chi connectivity index (χ4v) is 4.38. The summed E-state index contributed by atoms with van der Waals surface area (Å²) >= 11 is 13.4. The van der Waals surface area contributed by atoms with Gasteiger partial charge in [-0.25, -0.2) is 0 Å². The number of halogens is 2. The van der Waals surface area contributed by atoms with E-state index in [2.05, 4.69) is 0 Å². The molecule has 0 bridgehead atoms. The predicted molar refractivity (Wildman–Crippen MR) is 105 cm³/mol. The highest BCUT2D eigenvalue weighted by atomic mass is 35.5. The smallest absolute Gasteiger partial charge is 0.197 e. The summed E-state index contributed by atoms with van der Waals surface area (Å²) in [6.07, 6.45) is 3.08. The van der Waals surface area contributed by atoms with Crippen LogP contribution >= 0.6 is 34.5 Å². The summed E-state index contributed by atoms with van der Waals surface area (Å²) in [4.78, 5) is 26.1. The molecule has 1 aromatic carbocycles. The molecule has 0 aliphatic heterocycles. The van der Waals surface area contributed by atoms with Crippen LogP contribution in [0.5, 0.6) is 0 Å². The molecule has 0 saturated heterocycles. The summed E-state index contributed by atoms with van der Waals surface area (Å²) in [6.45, 7) is 0. The third kappa shape index (κ3) is 2.58. The van der Waals surface area contributed by atoms with Gasteiger partial charge in [-0.2, -0.15) is 0 Å². The number of Topliss-reactive ketones (excluding diaryl/α,β-unsaturated/α-hetero) is 2. The van der Waals surface area contributed by atoms with Gasteiger partial charge < -0.3 is 8.83 Å². The lowest BCUT2D eigenvalue weighted by Crippen LogP contribution is -1.99. The number of ketones is 2. The molecule has 0 radical (unpaired) electrons. The molecule has 1 aliphatic carbocycles. The van der Waals surface area contributed by atoms with Crippen molar-refractivity contribution in [3.63, 3.8) is 0 Å². The van der Waals surface area contributed by atoms with Gasteiger partial charge in [-0.15, -0.1) is 11.3 Å². The van der Waals surface area contributed by atoms with Crippen molar-refractivity contribution < 1.29 is 18.4 Å². The molecule has 132 valence electrons. The predicted octanol–water partition coefficient (Wildman–Crippen LogP) is 6.52. The lowest BCUT2D eigenvalue weighted by atomic mass is 10.1. The number of allylic oxidation sites excluding steroid dienone is 1. The van der Waals surface area contributed by atoms with E-state index in [0.29, 0.717) is 11.3 Å². The summed E-state index contributed by atoms with van der Waals surface area (Å²) in [6, 6.07) is 10.2. The van der Waals surface area contributed by atoms with Crippen molar-refractivity contribution in [1.82, 2.24) is 0 Å². The molecule has 0 amide bonds. The van der Waals surface area contributed by atoms with Crippen molar-refractivity contribution >= 4 is 62.5 Å². The van der Waals surface area contributed by atoms with E-state index in [1.54, 1.807) is 12.3 Å². The van der Waals surface area contributed by atoms with Gasteiger partial charge in [0.1, 0.15) is 17.1 Å². The zero-order valence-corrected chi connectivity index (χ0v) is 15.7. The molecule has 3 heterocycles. The van der Waals surface area contributed by atoms with Crippen LogP contribution in [0.15, 0.2) is 57.1 Å². The molecular weight excluding hydrogens is 407 g/mol. The van der Waals surface area contributed by atoms with E-state index < -0.39 is 0 Å². The molecular formula is C20H8Cl2O4S. The van der Waals surface area contributed by atoms with E-state index in [0.717, 1.165) is 15.3 Å². The average molecular weight is 415 g/mol. The Kier molecular flexibility index (Phi) is 3.65. The highest BCUT2D eigenvalue weighted by Gasteiger charge is 2.34. The maximum Gasteiger partial charge on any atom is 0.197 e. The molecule has 0 saturated carbocycles. The Morgan fingerprint density at radius 2 is 1.67 bits per heavy atom. The lowest BCUT2D eigenvalue weighted by molar-refractivity contribution is 0.0990. The summed E-state index contributed by atoms with van der Waals surface area (Å²) in [5, 5.41) is 0.476. The van der Waals surface area contributed by atoms with Crippen LogP contribution in [-0.4, -0.2) is 11.6 Å². The third-order valence-corrected chi connectivity index (χ3v) is 6.12. The lowest BCUT2D eigenvalue weighted by Gasteiger charge is -1.98. The number of carbonyl (C=O) groups is 2. The molecule has 0 fully saturated rings. The molecule has 0 N–H and O–H groups in total.